The molecule has 9 nitrogen and oxygen atoms in total. The van der Waals surface area contributed by atoms with Gasteiger partial charge in [0, 0.05) is 37.5 Å². The highest BCUT2D eigenvalue weighted by molar-refractivity contribution is 5.93. The van der Waals surface area contributed by atoms with Crippen LogP contribution in [0, 0.1) is 6.92 Å². The Morgan fingerprint density at radius 1 is 1.06 bits per heavy atom. The molecular formula is C24H30N6O3. The van der Waals surface area contributed by atoms with E-state index in [2.05, 4.69) is 25.3 Å². The summed E-state index contributed by atoms with van der Waals surface area (Å²) in [5, 5.41) is 7.44. The maximum atomic E-state index is 12.9. The van der Waals surface area contributed by atoms with E-state index in [0.717, 1.165) is 30.2 Å². The molecule has 3 aromatic rings. The molecule has 0 spiro atoms. The van der Waals surface area contributed by atoms with Crippen LogP contribution in [0.2, 0.25) is 0 Å². The van der Waals surface area contributed by atoms with E-state index in [1.807, 2.05) is 31.2 Å². The minimum absolute atomic E-state index is 0.240. The second-order valence-electron chi connectivity index (χ2n) is 8.12. The van der Waals surface area contributed by atoms with Crippen LogP contribution in [-0.4, -0.2) is 53.0 Å². The predicted octanol–water partition coefficient (Wildman–Crippen LogP) is 3.12. The maximum absolute atomic E-state index is 12.9. The third kappa shape index (κ3) is 5.08. The molecule has 4 rings (SSSR count). The van der Waals surface area contributed by atoms with Gasteiger partial charge in [-0.3, -0.25) is 9.48 Å². The molecule has 0 bridgehead atoms. The van der Waals surface area contributed by atoms with Crippen LogP contribution in [0.1, 0.15) is 41.3 Å². The van der Waals surface area contributed by atoms with Crippen molar-refractivity contribution >= 4 is 11.7 Å². The number of hydrogen-bond acceptors (Lipinski definition) is 7. The Balaban J connectivity index is 1.50. The number of rotatable bonds is 7. The van der Waals surface area contributed by atoms with E-state index in [1.165, 1.54) is 19.3 Å². The highest BCUT2D eigenvalue weighted by Gasteiger charge is 2.18. The van der Waals surface area contributed by atoms with Gasteiger partial charge in [0.15, 0.2) is 0 Å². The number of anilines is 1. The van der Waals surface area contributed by atoms with Crippen LogP contribution >= 0.6 is 0 Å². The summed E-state index contributed by atoms with van der Waals surface area (Å²) in [6, 6.07) is 9.22. The van der Waals surface area contributed by atoms with Gasteiger partial charge in [0.2, 0.25) is 0 Å². The summed E-state index contributed by atoms with van der Waals surface area (Å²) in [4.78, 5) is 24.4. The van der Waals surface area contributed by atoms with Gasteiger partial charge < -0.3 is 19.7 Å². The monoisotopic (exact) mass is 450 g/mol. The van der Waals surface area contributed by atoms with Crippen molar-refractivity contribution in [2.24, 2.45) is 7.05 Å². The van der Waals surface area contributed by atoms with Crippen molar-refractivity contribution in [2.45, 2.75) is 32.7 Å². The first-order valence-electron chi connectivity index (χ1n) is 11.1. The number of methoxy groups -OCH3 is 2. The quantitative estimate of drug-likeness (QED) is 0.591. The summed E-state index contributed by atoms with van der Waals surface area (Å²) in [5.41, 5.74) is 2.69. The van der Waals surface area contributed by atoms with Gasteiger partial charge >= 0.3 is 0 Å². The summed E-state index contributed by atoms with van der Waals surface area (Å²) in [5.74, 6) is 2.62. The minimum atomic E-state index is -0.247. The zero-order valence-electron chi connectivity index (χ0n) is 19.6. The average Bonchev–Trinajstić information content (AvgIpc) is 3.23. The molecule has 174 valence electrons. The van der Waals surface area contributed by atoms with Crippen LogP contribution in [0.3, 0.4) is 0 Å². The highest BCUT2D eigenvalue weighted by atomic mass is 16.5. The molecule has 0 atom stereocenters. The Hall–Kier alpha value is -3.62. The van der Waals surface area contributed by atoms with E-state index in [0.29, 0.717) is 28.7 Å². The lowest BCUT2D eigenvalue weighted by Crippen LogP contribution is -2.31. The van der Waals surface area contributed by atoms with Crippen molar-refractivity contribution in [1.29, 1.82) is 0 Å². The lowest BCUT2D eigenvalue weighted by Gasteiger charge is -2.28. The average molecular weight is 451 g/mol. The van der Waals surface area contributed by atoms with Gasteiger partial charge in [-0.25, -0.2) is 9.97 Å². The van der Waals surface area contributed by atoms with Crippen LogP contribution in [-0.2, 0) is 13.6 Å². The molecule has 1 saturated heterocycles. The number of amides is 1. The smallest absolute Gasteiger partial charge is 0.269 e. The molecule has 2 aromatic heterocycles. The molecule has 0 aliphatic carbocycles. The largest absolute Gasteiger partial charge is 0.497 e. The van der Waals surface area contributed by atoms with Crippen molar-refractivity contribution in [1.82, 2.24) is 25.1 Å². The Labute approximate surface area is 193 Å². The van der Waals surface area contributed by atoms with Gasteiger partial charge in [-0.2, -0.15) is 5.10 Å². The van der Waals surface area contributed by atoms with Gasteiger partial charge in [-0.15, -0.1) is 0 Å². The van der Waals surface area contributed by atoms with E-state index >= 15 is 0 Å². The molecule has 0 radical (unpaired) electrons. The fraction of sp³-hybridized carbons (Fsp3) is 0.417. The number of hydrogen-bond donors (Lipinski definition) is 1. The van der Waals surface area contributed by atoms with Crippen molar-refractivity contribution in [2.75, 3.05) is 32.2 Å². The van der Waals surface area contributed by atoms with Crippen LogP contribution in [0.5, 0.6) is 11.5 Å². The first kappa shape index (κ1) is 22.6. The Morgan fingerprint density at radius 2 is 1.85 bits per heavy atom. The van der Waals surface area contributed by atoms with Crippen molar-refractivity contribution in [3.8, 4) is 22.8 Å². The van der Waals surface area contributed by atoms with E-state index in [-0.39, 0.29) is 12.5 Å². The Morgan fingerprint density at radius 3 is 2.58 bits per heavy atom. The number of carbonyl (C=O) groups is 1. The number of nitrogens with zero attached hydrogens (tertiary/aromatic N) is 5. The Bertz CT molecular complexity index is 1140. The third-order valence-electron chi connectivity index (χ3n) is 5.77. The van der Waals surface area contributed by atoms with Crippen molar-refractivity contribution in [3.05, 3.63) is 47.5 Å². The number of benzene rings is 1. The van der Waals surface area contributed by atoms with Crippen molar-refractivity contribution < 1.29 is 14.3 Å². The fourth-order valence-corrected chi connectivity index (χ4v) is 4.05. The molecule has 1 fully saturated rings. The zero-order chi connectivity index (χ0) is 23.4. The number of piperidine rings is 1. The lowest BCUT2D eigenvalue weighted by molar-refractivity contribution is 0.0940. The van der Waals surface area contributed by atoms with Gasteiger partial charge in [0.1, 0.15) is 28.8 Å². The van der Waals surface area contributed by atoms with E-state index in [1.54, 1.807) is 32.0 Å². The van der Waals surface area contributed by atoms with Gasteiger partial charge in [0.05, 0.1) is 26.5 Å². The molecular weight excluding hydrogens is 420 g/mol. The van der Waals surface area contributed by atoms with E-state index in [9.17, 15) is 4.79 Å². The second kappa shape index (κ2) is 9.89. The highest BCUT2D eigenvalue weighted by Crippen LogP contribution is 2.33. The molecule has 33 heavy (non-hydrogen) atoms. The normalized spacial score (nSPS) is 13.6. The summed E-state index contributed by atoms with van der Waals surface area (Å²) >= 11 is 0. The predicted molar refractivity (Wildman–Crippen MR) is 126 cm³/mol. The van der Waals surface area contributed by atoms with Gasteiger partial charge in [-0.1, -0.05) is 0 Å². The fourth-order valence-electron chi connectivity index (χ4n) is 4.05. The number of ether oxygens (including phenoxy) is 2. The Kier molecular flexibility index (Phi) is 6.76. The number of nitrogens with one attached hydrogen (secondary N) is 1. The second-order valence-corrected chi connectivity index (χ2v) is 8.12. The van der Waals surface area contributed by atoms with Crippen LogP contribution in [0.15, 0.2) is 30.3 Å². The van der Waals surface area contributed by atoms with E-state index in [4.69, 9.17) is 9.47 Å². The molecule has 0 saturated carbocycles. The minimum Gasteiger partial charge on any atom is -0.497 e. The van der Waals surface area contributed by atoms with Crippen molar-refractivity contribution in [3.63, 3.8) is 0 Å². The number of carbonyl (C=O) groups excluding carboxylic acids is 1. The molecule has 1 aliphatic heterocycles. The van der Waals surface area contributed by atoms with Crippen LogP contribution in [0.4, 0.5) is 5.82 Å². The molecule has 9 heteroatoms. The summed E-state index contributed by atoms with van der Waals surface area (Å²) in [6.07, 6.45) is 3.61. The van der Waals surface area contributed by atoms with Crippen LogP contribution < -0.4 is 19.7 Å². The number of aryl methyl sites for hydroxylation is 2. The first-order chi connectivity index (χ1) is 16.0. The van der Waals surface area contributed by atoms with E-state index < -0.39 is 0 Å². The molecule has 3 heterocycles. The first-order valence-corrected chi connectivity index (χ1v) is 11.1. The topological polar surface area (TPSA) is 94.4 Å². The zero-order valence-corrected chi connectivity index (χ0v) is 19.6. The SMILES string of the molecule is COc1ccc(OC)c(-c2cc(C(=O)NCc3nc(C)cc(N4CCCCC4)n3)n(C)n2)c1. The summed E-state index contributed by atoms with van der Waals surface area (Å²) in [7, 11) is 4.94. The molecule has 1 amide bonds. The maximum Gasteiger partial charge on any atom is 0.269 e. The number of aromatic nitrogens is 4. The third-order valence-corrected chi connectivity index (χ3v) is 5.77. The van der Waals surface area contributed by atoms with Crippen LogP contribution in [0.25, 0.3) is 11.3 Å². The summed E-state index contributed by atoms with van der Waals surface area (Å²) in [6.45, 7) is 4.21. The molecule has 1 aromatic carbocycles. The summed E-state index contributed by atoms with van der Waals surface area (Å²) < 4.78 is 12.3. The van der Waals surface area contributed by atoms with Gasteiger partial charge in [-0.05, 0) is 50.5 Å². The standard InChI is InChI=1S/C24H30N6O3/c1-16-12-23(30-10-6-5-7-11-30)27-22(26-16)15-25-24(31)20-14-19(28-29(20)2)18-13-17(32-3)8-9-21(18)33-4/h8-9,12-14H,5-7,10-11,15H2,1-4H3,(H,25,31). The van der Waals surface area contributed by atoms with Gasteiger partial charge in [0.25, 0.3) is 5.91 Å². The molecule has 0 unspecified atom stereocenters. The lowest BCUT2D eigenvalue weighted by atomic mass is 10.1. The molecule has 1 aliphatic rings. The molecule has 1 N–H and O–H groups in total.